The second-order valence-electron chi connectivity index (χ2n) is 2.92. The largest absolute Gasteiger partial charge is 0.347 e. The number of nitrogens with one attached hydrogen (secondary N) is 2. The SMILES string of the molecule is Cc1nc(CNc2ncc(Br)cn2)n[nH]1. The van der Waals surface area contributed by atoms with Crippen molar-refractivity contribution in [2.75, 3.05) is 5.32 Å². The third-order valence-electron chi connectivity index (χ3n) is 1.67. The maximum atomic E-state index is 4.15. The second kappa shape index (κ2) is 4.35. The Hall–Kier alpha value is -1.50. The maximum Gasteiger partial charge on any atom is 0.223 e. The van der Waals surface area contributed by atoms with Crippen molar-refractivity contribution < 1.29 is 0 Å². The van der Waals surface area contributed by atoms with Gasteiger partial charge < -0.3 is 5.32 Å². The zero-order valence-corrected chi connectivity index (χ0v) is 9.61. The van der Waals surface area contributed by atoms with Gasteiger partial charge >= 0.3 is 0 Å². The highest BCUT2D eigenvalue weighted by Crippen LogP contribution is 2.07. The number of halogens is 1. The van der Waals surface area contributed by atoms with Crippen LogP contribution < -0.4 is 5.32 Å². The molecule has 0 aliphatic carbocycles. The van der Waals surface area contributed by atoms with Crippen LogP contribution in [0.3, 0.4) is 0 Å². The lowest BCUT2D eigenvalue weighted by Gasteiger charge is -2.00. The van der Waals surface area contributed by atoms with Crippen molar-refractivity contribution in [3.8, 4) is 0 Å². The van der Waals surface area contributed by atoms with Gasteiger partial charge in [-0.25, -0.2) is 15.0 Å². The number of hydrogen-bond donors (Lipinski definition) is 2. The highest BCUT2D eigenvalue weighted by molar-refractivity contribution is 9.10. The minimum atomic E-state index is 0.506. The van der Waals surface area contributed by atoms with Crippen molar-refractivity contribution in [2.45, 2.75) is 13.5 Å². The summed E-state index contributed by atoms with van der Waals surface area (Å²) < 4.78 is 0.849. The molecule has 0 fully saturated rings. The summed E-state index contributed by atoms with van der Waals surface area (Å²) >= 11 is 3.26. The van der Waals surface area contributed by atoms with Gasteiger partial charge in [0.25, 0.3) is 0 Å². The molecule has 0 saturated heterocycles. The van der Waals surface area contributed by atoms with Crippen LogP contribution in [0.25, 0.3) is 0 Å². The zero-order valence-electron chi connectivity index (χ0n) is 8.03. The van der Waals surface area contributed by atoms with Crippen molar-refractivity contribution in [1.29, 1.82) is 0 Å². The Morgan fingerprint density at radius 3 is 2.73 bits per heavy atom. The number of rotatable bonds is 3. The molecule has 0 amide bonds. The first-order chi connectivity index (χ1) is 7.24. The van der Waals surface area contributed by atoms with Gasteiger partial charge in [0.05, 0.1) is 11.0 Å². The maximum absolute atomic E-state index is 4.15. The molecule has 0 aromatic carbocycles. The van der Waals surface area contributed by atoms with Crippen molar-refractivity contribution in [1.82, 2.24) is 25.1 Å². The van der Waals surface area contributed by atoms with Crippen LogP contribution >= 0.6 is 15.9 Å². The molecule has 78 valence electrons. The molecule has 2 N–H and O–H groups in total. The molecule has 0 spiro atoms. The molecule has 0 radical (unpaired) electrons. The number of anilines is 1. The lowest BCUT2D eigenvalue weighted by Crippen LogP contribution is -2.04. The third kappa shape index (κ3) is 2.72. The first-order valence-electron chi connectivity index (χ1n) is 4.33. The fourth-order valence-corrected chi connectivity index (χ4v) is 1.23. The van der Waals surface area contributed by atoms with Crippen LogP contribution in [0.5, 0.6) is 0 Å². The smallest absolute Gasteiger partial charge is 0.223 e. The molecule has 0 unspecified atom stereocenters. The average molecular weight is 269 g/mol. The van der Waals surface area contributed by atoms with Crippen LogP contribution in [0.4, 0.5) is 5.95 Å². The van der Waals surface area contributed by atoms with E-state index in [1.165, 1.54) is 0 Å². The van der Waals surface area contributed by atoms with Crippen LogP contribution in [0.1, 0.15) is 11.6 Å². The molecule has 2 aromatic rings. The molecule has 0 atom stereocenters. The number of aromatic amines is 1. The van der Waals surface area contributed by atoms with E-state index in [1.54, 1.807) is 12.4 Å². The lowest BCUT2D eigenvalue weighted by atomic mass is 10.6. The number of nitrogens with zero attached hydrogens (tertiary/aromatic N) is 4. The van der Waals surface area contributed by atoms with E-state index in [4.69, 9.17) is 0 Å². The standard InChI is InChI=1S/C8H9BrN6/c1-5-13-7(15-14-5)4-12-8-10-2-6(9)3-11-8/h2-3H,4H2,1H3,(H,10,11,12)(H,13,14,15). The van der Waals surface area contributed by atoms with Gasteiger partial charge in [0.1, 0.15) is 5.82 Å². The topological polar surface area (TPSA) is 79.4 Å². The second-order valence-corrected chi connectivity index (χ2v) is 3.83. The van der Waals surface area contributed by atoms with Crippen molar-refractivity contribution in [2.24, 2.45) is 0 Å². The van der Waals surface area contributed by atoms with Crippen molar-refractivity contribution in [3.63, 3.8) is 0 Å². The first-order valence-corrected chi connectivity index (χ1v) is 5.12. The molecule has 2 rings (SSSR count). The summed E-state index contributed by atoms with van der Waals surface area (Å²) in [5.41, 5.74) is 0. The Bertz CT molecular complexity index is 437. The zero-order chi connectivity index (χ0) is 10.7. The van der Waals surface area contributed by atoms with Gasteiger partial charge in [0.15, 0.2) is 5.82 Å². The van der Waals surface area contributed by atoms with Crippen LogP contribution in [-0.4, -0.2) is 25.1 Å². The Morgan fingerprint density at radius 2 is 2.13 bits per heavy atom. The molecule has 0 aliphatic rings. The van der Waals surface area contributed by atoms with Gasteiger partial charge in [-0.05, 0) is 22.9 Å². The number of aryl methyl sites for hydroxylation is 1. The van der Waals surface area contributed by atoms with Crippen molar-refractivity contribution >= 4 is 21.9 Å². The summed E-state index contributed by atoms with van der Waals surface area (Å²) in [5.74, 6) is 2.04. The van der Waals surface area contributed by atoms with Crippen LogP contribution in [0.2, 0.25) is 0 Å². The minimum absolute atomic E-state index is 0.506. The Balaban J connectivity index is 1.96. The van der Waals surface area contributed by atoms with E-state index < -0.39 is 0 Å². The lowest BCUT2D eigenvalue weighted by molar-refractivity contribution is 0.934. The van der Waals surface area contributed by atoms with Crippen LogP contribution in [0.15, 0.2) is 16.9 Å². The molecule has 0 aliphatic heterocycles. The molecule has 0 saturated carbocycles. The normalized spacial score (nSPS) is 10.3. The van der Waals surface area contributed by atoms with Gasteiger partial charge in [-0.15, -0.1) is 0 Å². The summed E-state index contributed by atoms with van der Waals surface area (Å²) in [7, 11) is 0. The molecular weight excluding hydrogens is 260 g/mol. The van der Waals surface area contributed by atoms with E-state index >= 15 is 0 Å². The summed E-state index contributed by atoms with van der Waals surface area (Å²) in [6.07, 6.45) is 3.36. The van der Waals surface area contributed by atoms with Crippen LogP contribution in [0, 0.1) is 6.92 Å². The molecule has 7 heteroatoms. The predicted molar refractivity (Wildman–Crippen MR) is 58.2 cm³/mol. The van der Waals surface area contributed by atoms with Crippen molar-refractivity contribution in [3.05, 3.63) is 28.5 Å². The first kappa shape index (κ1) is 10.0. The fraction of sp³-hybridized carbons (Fsp3) is 0.250. The highest BCUT2D eigenvalue weighted by atomic mass is 79.9. The monoisotopic (exact) mass is 268 g/mol. The van der Waals surface area contributed by atoms with E-state index in [9.17, 15) is 0 Å². The minimum Gasteiger partial charge on any atom is -0.347 e. The van der Waals surface area contributed by atoms with E-state index in [1.807, 2.05) is 6.92 Å². The number of H-pyrrole nitrogens is 1. The summed E-state index contributed by atoms with van der Waals surface area (Å²) in [6.45, 7) is 2.36. The van der Waals surface area contributed by atoms with Gasteiger partial charge in [0.2, 0.25) is 5.95 Å². The van der Waals surface area contributed by atoms with Gasteiger partial charge in [0, 0.05) is 12.4 Å². The van der Waals surface area contributed by atoms with Gasteiger partial charge in [-0.2, -0.15) is 5.10 Å². The molecule has 0 bridgehead atoms. The fourth-order valence-electron chi connectivity index (χ4n) is 1.03. The third-order valence-corrected chi connectivity index (χ3v) is 2.08. The quantitative estimate of drug-likeness (QED) is 0.877. The highest BCUT2D eigenvalue weighted by Gasteiger charge is 2.00. The Kier molecular flexibility index (Phi) is 2.91. The number of aromatic nitrogens is 5. The van der Waals surface area contributed by atoms with E-state index in [-0.39, 0.29) is 0 Å². The van der Waals surface area contributed by atoms with Gasteiger partial charge in [-0.3, -0.25) is 5.10 Å². The summed E-state index contributed by atoms with van der Waals surface area (Å²) in [6, 6.07) is 0. The molecule has 6 nitrogen and oxygen atoms in total. The average Bonchev–Trinajstić information content (AvgIpc) is 2.64. The van der Waals surface area contributed by atoms with E-state index in [0.717, 1.165) is 10.3 Å². The van der Waals surface area contributed by atoms with Gasteiger partial charge in [-0.1, -0.05) is 0 Å². The Morgan fingerprint density at radius 1 is 1.40 bits per heavy atom. The summed E-state index contributed by atoms with van der Waals surface area (Å²) in [5, 5.41) is 9.76. The molecule has 15 heavy (non-hydrogen) atoms. The predicted octanol–water partition coefficient (Wildman–Crippen LogP) is 1.28. The van der Waals surface area contributed by atoms with Crippen LogP contribution in [-0.2, 0) is 6.54 Å². The number of hydrogen-bond acceptors (Lipinski definition) is 5. The van der Waals surface area contributed by atoms with E-state index in [2.05, 4.69) is 46.4 Å². The molecule has 2 heterocycles. The Labute approximate surface area is 94.7 Å². The molecule has 2 aromatic heterocycles. The van der Waals surface area contributed by atoms with E-state index in [0.29, 0.717) is 18.3 Å². The molecular formula is C8H9BrN6. The summed E-state index contributed by atoms with van der Waals surface area (Å²) in [4.78, 5) is 12.3.